The van der Waals surface area contributed by atoms with E-state index >= 15 is 0 Å². The zero-order valence-corrected chi connectivity index (χ0v) is 29.9. The predicted octanol–water partition coefficient (Wildman–Crippen LogP) is 5.29. The Morgan fingerprint density at radius 1 is 0.854 bits per heavy atom. The summed E-state index contributed by atoms with van der Waals surface area (Å²) in [5, 5.41) is 11.7. The Morgan fingerprint density at radius 2 is 1.38 bits per heavy atom. The summed E-state index contributed by atoms with van der Waals surface area (Å²) in [5.74, 6) is 1.40. The summed E-state index contributed by atoms with van der Waals surface area (Å²) in [7, 11) is 2.31. The van der Waals surface area contributed by atoms with Crippen LogP contribution in [0.4, 0.5) is 0 Å². The number of nitrogens with one attached hydrogen (secondary N) is 1. The van der Waals surface area contributed by atoms with Crippen LogP contribution < -0.4 is 20.7 Å². The fourth-order valence-electron chi connectivity index (χ4n) is 5.86. The normalized spacial score (nSPS) is 20.1. The lowest BCUT2D eigenvalue weighted by atomic mass is 9.80. The molecule has 1 saturated heterocycles. The van der Waals surface area contributed by atoms with Gasteiger partial charge in [-0.1, -0.05) is 75.4 Å². The number of nitrogens with zero attached hydrogens (tertiary/aromatic N) is 1. The molecule has 0 saturated carbocycles. The molecule has 2 N–H and O–H groups in total. The maximum Gasteiger partial charge on any atom is 0.328 e. The van der Waals surface area contributed by atoms with E-state index in [1.165, 1.54) is 17.8 Å². The van der Waals surface area contributed by atoms with Crippen molar-refractivity contribution >= 4 is 8.32 Å². The highest BCUT2D eigenvalue weighted by atomic mass is 28.4. The Morgan fingerprint density at radius 3 is 1.88 bits per heavy atom. The molecule has 1 aliphatic rings. The van der Waals surface area contributed by atoms with Crippen molar-refractivity contribution in [2.75, 3.05) is 20.8 Å². The van der Waals surface area contributed by atoms with Crippen molar-refractivity contribution in [3.05, 3.63) is 128 Å². The van der Waals surface area contributed by atoms with E-state index in [4.69, 9.17) is 23.4 Å². The van der Waals surface area contributed by atoms with E-state index in [9.17, 15) is 14.7 Å². The minimum absolute atomic E-state index is 0.0104. The van der Waals surface area contributed by atoms with E-state index in [0.29, 0.717) is 11.5 Å². The molecule has 0 aliphatic carbocycles. The monoisotopic (exact) mass is 674 g/mol. The lowest BCUT2D eigenvalue weighted by molar-refractivity contribution is -0.0811. The molecule has 4 atom stereocenters. The molecule has 5 rings (SSSR count). The van der Waals surface area contributed by atoms with Crippen LogP contribution in [0.1, 0.15) is 49.1 Å². The van der Waals surface area contributed by atoms with Crippen molar-refractivity contribution < 1.29 is 28.5 Å². The second-order valence-electron chi connectivity index (χ2n) is 13.7. The summed E-state index contributed by atoms with van der Waals surface area (Å²) in [4.78, 5) is 27.5. The SMILES string of the molecule is COc1ccc(C(OCC2OC(c3cn(C)c(=O)[nH]c3=O)C(O)C2O[Si](C)(C)C(C)(C)C)(c2ccccc2)c2ccc(OC)cc2)cc1. The first kappa shape index (κ1) is 35.3. The molecule has 0 radical (unpaired) electrons. The Kier molecular flexibility index (Phi) is 10.2. The van der Waals surface area contributed by atoms with Crippen LogP contribution in [0.15, 0.2) is 94.6 Å². The number of aromatic nitrogens is 2. The van der Waals surface area contributed by atoms with Gasteiger partial charge in [0.25, 0.3) is 5.56 Å². The molecule has 2 heterocycles. The van der Waals surface area contributed by atoms with Gasteiger partial charge < -0.3 is 33.0 Å². The van der Waals surface area contributed by atoms with Gasteiger partial charge in [0.15, 0.2) is 8.32 Å². The summed E-state index contributed by atoms with van der Waals surface area (Å²) >= 11 is 0. The van der Waals surface area contributed by atoms with Gasteiger partial charge in [-0.05, 0) is 59.1 Å². The van der Waals surface area contributed by atoms with Gasteiger partial charge in [-0.25, -0.2) is 4.79 Å². The van der Waals surface area contributed by atoms with Crippen molar-refractivity contribution in [1.82, 2.24) is 9.55 Å². The van der Waals surface area contributed by atoms with Crippen LogP contribution in [0.25, 0.3) is 0 Å². The summed E-state index contributed by atoms with van der Waals surface area (Å²) in [6.07, 6.45) is -2.47. The number of ether oxygens (including phenoxy) is 4. The van der Waals surface area contributed by atoms with Gasteiger partial charge in [0.1, 0.15) is 41.5 Å². The molecule has 3 aromatic carbocycles. The highest BCUT2D eigenvalue weighted by Gasteiger charge is 2.52. The van der Waals surface area contributed by atoms with Crippen molar-refractivity contribution in [1.29, 1.82) is 0 Å². The largest absolute Gasteiger partial charge is 0.497 e. The number of aryl methyl sites for hydroxylation is 1. The Hall–Kier alpha value is -4.00. The molecule has 10 nitrogen and oxygen atoms in total. The molecule has 4 aromatic rings. The second kappa shape index (κ2) is 13.8. The second-order valence-corrected chi connectivity index (χ2v) is 18.5. The van der Waals surface area contributed by atoms with Crippen molar-refractivity contribution in [3.8, 4) is 11.5 Å². The lowest BCUT2D eigenvalue weighted by Gasteiger charge is -2.41. The fourth-order valence-corrected chi connectivity index (χ4v) is 7.19. The van der Waals surface area contributed by atoms with Crippen LogP contribution in [0.2, 0.25) is 18.1 Å². The molecule has 1 fully saturated rings. The number of hydrogen-bond donors (Lipinski definition) is 2. The number of hydrogen-bond acceptors (Lipinski definition) is 8. The van der Waals surface area contributed by atoms with E-state index in [2.05, 4.69) is 38.8 Å². The average molecular weight is 675 g/mol. The molecule has 1 aromatic heterocycles. The Bertz CT molecular complexity index is 1750. The number of benzene rings is 3. The third-order valence-corrected chi connectivity index (χ3v) is 14.1. The van der Waals surface area contributed by atoms with Crippen LogP contribution in [0, 0.1) is 0 Å². The molecule has 4 unspecified atom stereocenters. The molecule has 0 spiro atoms. The maximum atomic E-state index is 13.0. The zero-order valence-electron chi connectivity index (χ0n) is 28.9. The minimum atomic E-state index is -2.47. The molecule has 0 amide bonds. The van der Waals surface area contributed by atoms with Crippen LogP contribution >= 0.6 is 0 Å². The summed E-state index contributed by atoms with van der Waals surface area (Å²) in [6, 6.07) is 25.3. The van der Waals surface area contributed by atoms with E-state index in [-0.39, 0.29) is 17.2 Å². The average Bonchev–Trinajstić information content (AvgIpc) is 3.37. The van der Waals surface area contributed by atoms with Gasteiger partial charge in [0, 0.05) is 13.2 Å². The number of rotatable bonds is 11. The number of methoxy groups -OCH3 is 2. The molecule has 256 valence electrons. The number of H-pyrrole nitrogens is 1. The van der Waals surface area contributed by atoms with Crippen molar-refractivity contribution in [3.63, 3.8) is 0 Å². The van der Waals surface area contributed by atoms with Gasteiger partial charge in [0.05, 0.1) is 26.4 Å². The smallest absolute Gasteiger partial charge is 0.328 e. The molecular weight excluding hydrogens is 628 g/mol. The topological polar surface area (TPSA) is 121 Å². The first-order chi connectivity index (χ1) is 22.7. The Labute approximate surface area is 282 Å². The first-order valence-electron chi connectivity index (χ1n) is 16.0. The van der Waals surface area contributed by atoms with Crippen molar-refractivity contribution in [2.45, 2.75) is 68.9 Å². The standard InChI is InChI=1S/C37H46N2O8Si/c1-36(2,3)48(7,8)47-33-30(46-32(31(33)40)29-22-39(4)35(42)38-34(29)41)23-45-37(24-12-10-9-11-13-24,25-14-18-27(43-5)19-15-25)26-16-20-28(44-6)21-17-26/h9-22,30-33,40H,23H2,1-8H3,(H,38,41,42). The fraction of sp³-hybridized carbons (Fsp3) is 0.405. The summed E-state index contributed by atoms with van der Waals surface area (Å²) < 4.78 is 32.7. The quantitative estimate of drug-likeness (QED) is 0.163. The van der Waals surface area contributed by atoms with E-state index in [1.807, 2.05) is 78.9 Å². The maximum absolute atomic E-state index is 13.0. The van der Waals surface area contributed by atoms with Gasteiger partial charge in [-0.15, -0.1) is 0 Å². The van der Waals surface area contributed by atoms with Crippen molar-refractivity contribution in [2.24, 2.45) is 7.05 Å². The van der Waals surface area contributed by atoms with E-state index in [1.54, 1.807) is 14.2 Å². The highest BCUT2D eigenvalue weighted by molar-refractivity contribution is 6.74. The third kappa shape index (κ3) is 6.78. The number of aliphatic hydroxyl groups excluding tert-OH is 1. The van der Waals surface area contributed by atoms with Gasteiger partial charge in [-0.3, -0.25) is 9.78 Å². The van der Waals surface area contributed by atoms with Crippen LogP contribution in [-0.2, 0) is 26.5 Å². The van der Waals surface area contributed by atoms with Crippen LogP contribution in [0.3, 0.4) is 0 Å². The van der Waals surface area contributed by atoms with E-state index in [0.717, 1.165) is 16.7 Å². The van der Waals surface area contributed by atoms with Gasteiger partial charge in [-0.2, -0.15) is 0 Å². The first-order valence-corrected chi connectivity index (χ1v) is 18.9. The third-order valence-electron chi connectivity index (χ3n) is 9.65. The van der Waals surface area contributed by atoms with Gasteiger partial charge >= 0.3 is 5.69 Å². The minimum Gasteiger partial charge on any atom is -0.497 e. The number of aliphatic hydroxyl groups is 1. The van der Waals surface area contributed by atoms with Crippen LogP contribution in [0.5, 0.6) is 11.5 Å². The Balaban J connectivity index is 1.63. The highest BCUT2D eigenvalue weighted by Crippen LogP contribution is 2.45. The molecule has 0 bridgehead atoms. The van der Waals surface area contributed by atoms with Gasteiger partial charge in [0.2, 0.25) is 0 Å². The molecule has 48 heavy (non-hydrogen) atoms. The predicted molar refractivity (Wildman–Crippen MR) is 186 cm³/mol. The molecule has 11 heteroatoms. The molecular formula is C37H46N2O8Si. The lowest BCUT2D eigenvalue weighted by Crippen LogP contribution is -2.50. The summed E-state index contributed by atoms with van der Waals surface area (Å²) in [6.45, 7) is 10.6. The zero-order chi connectivity index (χ0) is 34.9. The van der Waals surface area contributed by atoms with Crippen LogP contribution in [-0.4, -0.2) is 62.1 Å². The number of aromatic amines is 1. The molecule has 1 aliphatic heterocycles. The van der Waals surface area contributed by atoms with E-state index < -0.39 is 49.6 Å². The summed E-state index contributed by atoms with van der Waals surface area (Å²) in [5.41, 5.74) is 0.364.